The van der Waals surface area contributed by atoms with Crippen LogP contribution in [0.4, 0.5) is 0 Å². The van der Waals surface area contributed by atoms with Crippen molar-refractivity contribution in [3.63, 3.8) is 0 Å². The van der Waals surface area contributed by atoms with Crippen LogP contribution in [0.5, 0.6) is 0 Å². The van der Waals surface area contributed by atoms with E-state index >= 15 is 0 Å². The first kappa shape index (κ1) is 19.9. The molecule has 0 radical (unpaired) electrons. The van der Waals surface area contributed by atoms with Gasteiger partial charge in [-0.1, -0.05) is 58.3 Å². The summed E-state index contributed by atoms with van der Waals surface area (Å²) in [5.74, 6) is 0.943. The van der Waals surface area contributed by atoms with Crippen LogP contribution >= 0.6 is 0 Å². The SMILES string of the molecule is CCCC1CCCCCC1.CN(C)CCCS(=O)(=O)O. The van der Waals surface area contributed by atoms with Crippen molar-refractivity contribution in [2.45, 2.75) is 64.7 Å². The van der Waals surface area contributed by atoms with Gasteiger partial charge in [0, 0.05) is 0 Å². The third-order valence-corrected chi connectivity index (χ3v) is 4.48. The molecule has 1 saturated carbocycles. The van der Waals surface area contributed by atoms with Crippen molar-refractivity contribution < 1.29 is 13.0 Å². The minimum Gasteiger partial charge on any atom is -0.309 e. The summed E-state index contributed by atoms with van der Waals surface area (Å²) < 4.78 is 28.6. The van der Waals surface area contributed by atoms with Crippen molar-refractivity contribution in [1.82, 2.24) is 4.90 Å². The summed E-state index contributed by atoms with van der Waals surface area (Å²) in [5.41, 5.74) is 0. The quantitative estimate of drug-likeness (QED) is 0.602. The first-order chi connectivity index (χ1) is 9.35. The van der Waals surface area contributed by atoms with Gasteiger partial charge in [-0.25, -0.2) is 0 Å². The Morgan fingerprint density at radius 3 is 2.05 bits per heavy atom. The van der Waals surface area contributed by atoms with E-state index < -0.39 is 10.1 Å². The normalized spacial score (nSPS) is 17.4. The lowest BCUT2D eigenvalue weighted by atomic mass is 9.96. The van der Waals surface area contributed by atoms with Gasteiger partial charge in [-0.05, 0) is 33.0 Å². The summed E-state index contributed by atoms with van der Waals surface area (Å²) in [6.45, 7) is 2.99. The average Bonchev–Trinajstić information content (AvgIpc) is 2.57. The number of nitrogens with zero attached hydrogens (tertiary/aromatic N) is 1. The van der Waals surface area contributed by atoms with E-state index in [0.717, 1.165) is 5.92 Å². The molecule has 0 amide bonds. The molecule has 1 aliphatic rings. The lowest BCUT2D eigenvalue weighted by molar-refractivity contribution is 0.404. The fourth-order valence-corrected chi connectivity index (χ4v) is 3.12. The van der Waals surface area contributed by atoms with Crippen molar-refractivity contribution in [1.29, 1.82) is 0 Å². The molecule has 20 heavy (non-hydrogen) atoms. The zero-order valence-electron chi connectivity index (χ0n) is 13.5. The van der Waals surface area contributed by atoms with Crippen LogP contribution in [0.2, 0.25) is 0 Å². The van der Waals surface area contributed by atoms with Gasteiger partial charge in [0.25, 0.3) is 10.1 Å². The second kappa shape index (κ2) is 11.5. The molecular weight excluding hydrogens is 274 g/mol. The highest BCUT2D eigenvalue weighted by molar-refractivity contribution is 7.85. The summed E-state index contributed by atoms with van der Waals surface area (Å²) in [6.07, 6.45) is 12.4. The average molecular weight is 308 g/mol. The lowest BCUT2D eigenvalue weighted by Crippen LogP contribution is -2.16. The molecule has 0 unspecified atom stereocenters. The predicted octanol–water partition coefficient (Wildman–Crippen LogP) is 3.58. The lowest BCUT2D eigenvalue weighted by Gasteiger charge is -2.10. The monoisotopic (exact) mass is 307 g/mol. The van der Waals surface area contributed by atoms with E-state index in [-0.39, 0.29) is 5.75 Å². The molecule has 0 heterocycles. The Labute approximate surface area is 125 Å². The van der Waals surface area contributed by atoms with Crippen molar-refractivity contribution in [3.8, 4) is 0 Å². The van der Waals surface area contributed by atoms with Crippen LogP contribution < -0.4 is 0 Å². The molecular formula is C15H33NO3S. The van der Waals surface area contributed by atoms with Gasteiger partial charge < -0.3 is 4.90 Å². The molecule has 4 nitrogen and oxygen atoms in total. The Bertz CT molecular complexity index is 307. The topological polar surface area (TPSA) is 57.6 Å². The largest absolute Gasteiger partial charge is 0.309 e. The molecule has 1 rings (SSSR count). The highest BCUT2D eigenvalue weighted by atomic mass is 32.2. The van der Waals surface area contributed by atoms with Crippen LogP contribution in [-0.4, -0.2) is 44.3 Å². The second-order valence-corrected chi connectivity index (χ2v) is 7.66. The molecule has 0 aromatic heterocycles. The van der Waals surface area contributed by atoms with Gasteiger partial charge in [-0.15, -0.1) is 0 Å². The fourth-order valence-electron chi connectivity index (χ4n) is 2.62. The molecule has 1 fully saturated rings. The van der Waals surface area contributed by atoms with Gasteiger partial charge in [0.2, 0.25) is 0 Å². The van der Waals surface area contributed by atoms with Crippen LogP contribution in [-0.2, 0) is 10.1 Å². The van der Waals surface area contributed by atoms with Gasteiger partial charge in [-0.2, -0.15) is 8.42 Å². The molecule has 0 aromatic rings. The van der Waals surface area contributed by atoms with Crippen LogP contribution in [0.3, 0.4) is 0 Å². The maximum atomic E-state index is 10.1. The minimum atomic E-state index is -3.75. The molecule has 1 aliphatic carbocycles. The zero-order chi connectivity index (χ0) is 15.4. The van der Waals surface area contributed by atoms with Crippen LogP contribution in [0.25, 0.3) is 0 Å². The Morgan fingerprint density at radius 2 is 1.65 bits per heavy atom. The van der Waals surface area contributed by atoms with Crippen LogP contribution in [0, 0.1) is 5.92 Å². The van der Waals surface area contributed by atoms with Gasteiger partial charge in [0.15, 0.2) is 0 Å². The summed E-state index contributed by atoms with van der Waals surface area (Å²) in [7, 11) is -0.0441. The fraction of sp³-hybridized carbons (Fsp3) is 1.00. The molecule has 122 valence electrons. The first-order valence-electron chi connectivity index (χ1n) is 7.95. The van der Waals surface area contributed by atoms with Crippen molar-refractivity contribution in [3.05, 3.63) is 0 Å². The Hall–Kier alpha value is -0.130. The summed E-state index contributed by atoms with van der Waals surface area (Å²) in [6, 6.07) is 0. The molecule has 0 bridgehead atoms. The van der Waals surface area contributed by atoms with Crippen molar-refractivity contribution in [2.75, 3.05) is 26.4 Å². The second-order valence-electron chi connectivity index (χ2n) is 6.09. The smallest absolute Gasteiger partial charge is 0.264 e. The maximum absolute atomic E-state index is 10.1. The standard InChI is InChI=1S/C10H20.C5H13NO3S/c1-2-7-10-8-5-3-4-6-9-10;1-6(2)4-3-5-10(7,8)9/h10H,2-9H2,1H3;3-5H2,1-2H3,(H,7,8,9). The Kier molecular flexibility index (Phi) is 11.4. The van der Waals surface area contributed by atoms with E-state index in [1.807, 2.05) is 19.0 Å². The van der Waals surface area contributed by atoms with E-state index in [2.05, 4.69) is 6.92 Å². The van der Waals surface area contributed by atoms with Gasteiger partial charge in [-0.3, -0.25) is 4.55 Å². The van der Waals surface area contributed by atoms with E-state index in [1.165, 1.54) is 51.4 Å². The molecule has 0 spiro atoms. The third kappa shape index (κ3) is 14.3. The molecule has 0 aliphatic heterocycles. The predicted molar refractivity (Wildman–Crippen MR) is 85.7 cm³/mol. The summed E-state index contributed by atoms with van der Waals surface area (Å²) in [4.78, 5) is 1.87. The Balaban J connectivity index is 0.000000361. The highest BCUT2D eigenvalue weighted by Crippen LogP contribution is 2.25. The first-order valence-corrected chi connectivity index (χ1v) is 9.56. The number of rotatable bonds is 6. The third-order valence-electron chi connectivity index (χ3n) is 3.68. The van der Waals surface area contributed by atoms with Crippen LogP contribution in [0.15, 0.2) is 0 Å². The van der Waals surface area contributed by atoms with Crippen molar-refractivity contribution in [2.24, 2.45) is 5.92 Å². The molecule has 1 N–H and O–H groups in total. The van der Waals surface area contributed by atoms with E-state index in [0.29, 0.717) is 13.0 Å². The Morgan fingerprint density at radius 1 is 1.10 bits per heavy atom. The van der Waals surface area contributed by atoms with E-state index in [4.69, 9.17) is 4.55 Å². The van der Waals surface area contributed by atoms with Gasteiger partial charge in [0.05, 0.1) is 5.75 Å². The van der Waals surface area contributed by atoms with Crippen LogP contribution in [0.1, 0.15) is 64.7 Å². The van der Waals surface area contributed by atoms with Gasteiger partial charge in [0.1, 0.15) is 0 Å². The van der Waals surface area contributed by atoms with E-state index in [9.17, 15) is 8.42 Å². The number of hydrogen-bond donors (Lipinski definition) is 1. The highest BCUT2D eigenvalue weighted by Gasteiger charge is 2.10. The number of hydrogen-bond acceptors (Lipinski definition) is 3. The molecule has 0 aromatic carbocycles. The van der Waals surface area contributed by atoms with E-state index in [1.54, 1.807) is 0 Å². The zero-order valence-corrected chi connectivity index (χ0v) is 14.3. The summed E-state index contributed by atoms with van der Waals surface area (Å²) in [5, 5.41) is 0. The maximum Gasteiger partial charge on any atom is 0.264 e. The molecule has 5 heteroatoms. The molecule has 0 atom stereocenters. The minimum absolute atomic E-state index is 0.148. The molecule has 0 saturated heterocycles. The van der Waals surface area contributed by atoms with Crippen molar-refractivity contribution >= 4 is 10.1 Å². The van der Waals surface area contributed by atoms with Gasteiger partial charge >= 0.3 is 0 Å². The summed E-state index contributed by atoms with van der Waals surface area (Å²) >= 11 is 0.